The maximum absolute atomic E-state index is 6.75. The van der Waals surface area contributed by atoms with Crippen molar-refractivity contribution >= 4 is 122 Å². The highest BCUT2D eigenvalue weighted by Gasteiger charge is 2.62. The molecule has 1 aliphatic carbocycles. The van der Waals surface area contributed by atoms with Crippen molar-refractivity contribution in [1.82, 2.24) is 0 Å². The van der Waals surface area contributed by atoms with Gasteiger partial charge in [0.05, 0.1) is 16.8 Å². The molecule has 14 rings (SSSR count). The van der Waals surface area contributed by atoms with Gasteiger partial charge in [0.15, 0.2) is 0 Å². The number of thiophene rings is 1. The molecule has 8 aromatic carbocycles. The van der Waals surface area contributed by atoms with Gasteiger partial charge in [0.2, 0.25) is 0 Å². The molecule has 4 nitrogen and oxygen atoms in total. The quantitative estimate of drug-likeness (QED) is 0.165. The third-order valence-corrected chi connectivity index (χ3v) is 19.9. The van der Waals surface area contributed by atoms with Crippen LogP contribution < -0.4 is 31.1 Å². The molecule has 0 N–H and O–H groups in total. The fraction of sp³-hybridized carbons (Fsp3) is 0.284. The molecule has 1 fully saturated rings. The molecule has 3 aliphatic heterocycles. The highest BCUT2D eigenvalue weighted by molar-refractivity contribution is 7.26. The van der Waals surface area contributed by atoms with Gasteiger partial charge in [-0.2, -0.15) is 0 Å². The van der Waals surface area contributed by atoms with E-state index in [1.54, 1.807) is 0 Å². The summed E-state index contributed by atoms with van der Waals surface area (Å²) < 4.78 is 9.37. The van der Waals surface area contributed by atoms with E-state index in [4.69, 9.17) is 4.42 Å². The Balaban J connectivity index is 1.18. The SMILES string of the molecule is CC(C)(C)c1ccc2c(c1)B1c3cc(C(C)(C)C)ccc3N(c3cccc4sc5ccccc5c34)c3cc(N4c5ccccc5C(C)(C)C5(C)CCCCC45C)cc(c31)N2c1cccc2oc3ccccc3c12. The lowest BCUT2D eigenvalue weighted by Crippen LogP contribution is -2.67. The zero-order chi connectivity index (χ0) is 50.1. The summed E-state index contributed by atoms with van der Waals surface area (Å²) in [5, 5.41) is 4.87. The Hall–Kier alpha value is -6.76. The molecule has 0 saturated heterocycles. The first-order valence-corrected chi connectivity index (χ1v) is 27.6. The zero-order valence-electron chi connectivity index (χ0n) is 44.1. The van der Waals surface area contributed by atoms with Crippen molar-refractivity contribution in [3.63, 3.8) is 0 Å². The van der Waals surface area contributed by atoms with Crippen molar-refractivity contribution in [3.05, 3.63) is 174 Å². The van der Waals surface area contributed by atoms with E-state index in [0.29, 0.717) is 0 Å². The van der Waals surface area contributed by atoms with E-state index in [0.717, 1.165) is 34.0 Å². The van der Waals surface area contributed by atoms with E-state index < -0.39 is 0 Å². The Kier molecular flexibility index (Phi) is 9.33. The summed E-state index contributed by atoms with van der Waals surface area (Å²) in [6.07, 6.45) is 4.73. The van der Waals surface area contributed by atoms with E-state index in [1.165, 1.54) is 112 Å². The molecule has 4 aliphatic rings. The number of hydrogen-bond acceptors (Lipinski definition) is 5. The van der Waals surface area contributed by atoms with Crippen LogP contribution in [0.25, 0.3) is 42.1 Å². The maximum Gasteiger partial charge on any atom is 0.252 e. The van der Waals surface area contributed by atoms with E-state index in [9.17, 15) is 0 Å². The minimum absolute atomic E-state index is 0.0178. The lowest BCUT2D eigenvalue weighted by molar-refractivity contribution is 0.0106. The average molecular weight is 970 g/mol. The van der Waals surface area contributed by atoms with Gasteiger partial charge in [-0.25, -0.2) is 0 Å². The summed E-state index contributed by atoms with van der Waals surface area (Å²) in [7, 11) is 0. The monoisotopic (exact) mass is 969 g/mol. The topological polar surface area (TPSA) is 22.9 Å². The normalized spacial score (nSPS) is 20.1. The number of rotatable bonds is 3. The number of hydrogen-bond donors (Lipinski definition) is 0. The van der Waals surface area contributed by atoms with Crippen molar-refractivity contribution in [2.24, 2.45) is 5.41 Å². The Labute approximate surface area is 435 Å². The molecule has 5 heterocycles. The molecule has 2 aromatic heterocycles. The molecular formula is C67H64BN3OS. The summed E-state index contributed by atoms with van der Waals surface area (Å²) in [5.74, 6) is 0. The molecule has 0 amide bonds. The van der Waals surface area contributed by atoms with E-state index in [-0.39, 0.29) is 33.9 Å². The molecule has 0 radical (unpaired) electrons. The van der Waals surface area contributed by atoms with Crippen molar-refractivity contribution in [3.8, 4) is 0 Å². The van der Waals surface area contributed by atoms with Crippen molar-refractivity contribution < 1.29 is 4.42 Å². The van der Waals surface area contributed by atoms with Crippen LogP contribution in [0.4, 0.5) is 45.5 Å². The summed E-state index contributed by atoms with van der Waals surface area (Å²) >= 11 is 1.90. The van der Waals surface area contributed by atoms with Crippen LogP contribution in [0.2, 0.25) is 0 Å². The van der Waals surface area contributed by atoms with E-state index >= 15 is 0 Å². The average Bonchev–Trinajstić information content (AvgIpc) is 3.95. The maximum atomic E-state index is 6.75. The summed E-state index contributed by atoms with van der Waals surface area (Å²) in [4.78, 5) is 8.17. The van der Waals surface area contributed by atoms with Crippen molar-refractivity contribution in [1.29, 1.82) is 0 Å². The Morgan fingerprint density at radius 2 is 1.04 bits per heavy atom. The molecule has 362 valence electrons. The van der Waals surface area contributed by atoms with Crippen LogP contribution in [0.5, 0.6) is 0 Å². The Morgan fingerprint density at radius 3 is 1.73 bits per heavy atom. The van der Waals surface area contributed by atoms with Gasteiger partial charge >= 0.3 is 0 Å². The number of para-hydroxylation sites is 2. The highest BCUT2D eigenvalue weighted by Crippen LogP contribution is 2.66. The molecule has 0 bridgehead atoms. The number of nitrogens with zero attached hydrogens (tertiary/aromatic N) is 3. The van der Waals surface area contributed by atoms with Crippen LogP contribution in [0, 0.1) is 5.41 Å². The predicted octanol–water partition coefficient (Wildman–Crippen LogP) is 17.4. The van der Waals surface area contributed by atoms with Gasteiger partial charge in [-0.1, -0.05) is 166 Å². The van der Waals surface area contributed by atoms with Crippen LogP contribution in [0.3, 0.4) is 0 Å². The van der Waals surface area contributed by atoms with Crippen LogP contribution in [-0.4, -0.2) is 12.3 Å². The van der Waals surface area contributed by atoms with E-state index in [2.05, 4.69) is 242 Å². The molecule has 2 atom stereocenters. The van der Waals surface area contributed by atoms with Gasteiger partial charge in [0.1, 0.15) is 11.2 Å². The minimum Gasteiger partial charge on any atom is -0.456 e. The molecular weight excluding hydrogens is 906 g/mol. The van der Waals surface area contributed by atoms with Crippen molar-refractivity contribution in [2.45, 2.75) is 117 Å². The standard InChI is InChI=1S/C67H64BN3OS/c1-63(2,3)41-31-33-50-47(37-41)68-48-38-42(64(4,5)6)32-34-51(48)70(53-26-20-30-59-61(53)45-22-12-16-29-58(45)73-59)55-40-43(71-49-24-14-13-23-46(49)65(7,8)66(9)35-17-18-36-67(66,71)10)39-54(62(55)68)69(50)52-25-19-28-57-60(52)44-21-11-15-27-56(44)72-57/h11-16,19-34,37-40H,17-18,35-36H2,1-10H3. The molecule has 73 heavy (non-hydrogen) atoms. The summed E-state index contributed by atoms with van der Waals surface area (Å²) in [6.45, 7) is 24.4. The minimum atomic E-state index is -0.189. The first-order valence-electron chi connectivity index (χ1n) is 26.8. The second-order valence-electron chi connectivity index (χ2n) is 24.8. The zero-order valence-corrected chi connectivity index (χ0v) is 44.9. The molecule has 0 spiro atoms. The van der Waals surface area contributed by atoms with Crippen LogP contribution in [-0.2, 0) is 16.2 Å². The third kappa shape index (κ3) is 6.08. The molecule has 6 heteroatoms. The van der Waals surface area contributed by atoms with E-state index in [1.807, 2.05) is 11.3 Å². The number of fused-ring (bicyclic) bond motifs is 12. The van der Waals surface area contributed by atoms with Gasteiger partial charge in [-0.05, 0) is 136 Å². The van der Waals surface area contributed by atoms with Gasteiger partial charge in [-0.3, -0.25) is 0 Å². The fourth-order valence-electron chi connectivity index (χ4n) is 14.5. The first kappa shape index (κ1) is 44.9. The first-order chi connectivity index (χ1) is 35.0. The highest BCUT2D eigenvalue weighted by atomic mass is 32.1. The number of benzene rings is 8. The fourth-order valence-corrected chi connectivity index (χ4v) is 15.6. The van der Waals surface area contributed by atoms with Gasteiger partial charge in [0.25, 0.3) is 6.71 Å². The second kappa shape index (κ2) is 15.2. The van der Waals surface area contributed by atoms with Gasteiger partial charge in [0, 0.05) is 70.6 Å². The lowest BCUT2D eigenvalue weighted by Gasteiger charge is -2.66. The largest absolute Gasteiger partial charge is 0.456 e. The van der Waals surface area contributed by atoms with Crippen LogP contribution in [0.15, 0.2) is 162 Å². The van der Waals surface area contributed by atoms with Gasteiger partial charge < -0.3 is 19.1 Å². The Bertz CT molecular complexity index is 3750. The summed E-state index contributed by atoms with van der Waals surface area (Å²) in [5.41, 5.74) is 19.3. The molecule has 1 saturated carbocycles. The Morgan fingerprint density at radius 1 is 0.493 bits per heavy atom. The van der Waals surface area contributed by atoms with Crippen molar-refractivity contribution in [2.75, 3.05) is 14.7 Å². The summed E-state index contributed by atoms with van der Waals surface area (Å²) in [6, 6.07) is 60.8. The number of furan rings is 1. The molecule has 2 unspecified atom stereocenters. The number of anilines is 8. The van der Waals surface area contributed by atoms with Crippen LogP contribution >= 0.6 is 11.3 Å². The smallest absolute Gasteiger partial charge is 0.252 e. The van der Waals surface area contributed by atoms with Crippen LogP contribution in [0.1, 0.15) is 112 Å². The lowest BCUT2D eigenvalue weighted by atomic mass is 9.33. The van der Waals surface area contributed by atoms with Gasteiger partial charge in [-0.15, -0.1) is 11.3 Å². The third-order valence-electron chi connectivity index (χ3n) is 18.8. The predicted molar refractivity (Wildman–Crippen MR) is 315 cm³/mol. The molecule has 10 aromatic rings. The second-order valence-corrected chi connectivity index (χ2v) is 25.9.